The molecule has 5 nitrogen and oxygen atoms in total. The number of anilines is 1. The molecule has 0 saturated heterocycles. The minimum Gasteiger partial charge on any atom is -0.371 e. The van der Waals surface area contributed by atoms with Crippen LogP contribution in [0.3, 0.4) is 0 Å². The van der Waals surface area contributed by atoms with Gasteiger partial charge in [-0.2, -0.15) is 0 Å². The van der Waals surface area contributed by atoms with Crippen LogP contribution in [0.25, 0.3) is 0 Å². The zero-order valence-electron chi connectivity index (χ0n) is 12.8. The van der Waals surface area contributed by atoms with Crippen LogP contribution in [0.15, 0.2) is 18.2 Å². The molecule has 0 bridgehead atoms. The fourth-order valence-corrected chi connectivity index (χ4v) is 3.03. The third kappa shape index (κ3) is 3.40. The van der Waals surface area contributed by atoms with Gasteiger partial charge in [0.1, 0.15) is 0 Å². The summed E-state index contributed by atoms with van der Waals surface area (Å²) < 4.78 is 0. The Morgan fingerprint density at radius 1 is 1.29 bits per heavy atom. The Morgan fingerprint density at radius 3 is 2.43 bits per heavy atom. The van der Waals surface area contributed by atoms with Gasteiger partial charge < -0.3 is 4.90 Å². The molecule has 0 amide bonds. The van der Waals surface area contributed by atoms with Gasteiger partial charge in [0.05, 0.1) is 10.5 Å². The molecule has 1 saturated carbocycles. The molecule has 1 aromatic carbocycles. The molecule has 5 heteroatoms. The van der Waals surface area contributed by atoms with E-state index in [4.69, 9.17) is 0 Å². The van der Waals surface area contributed by atoms with Crippen molar-refractivity contribution in [3.63, 3.8) is 0 Å². The molecular formula is C16H22N2O3. The molecular weight excluding hydrogens is 268 g/mol. The lowest BCUT2D eigenvalue weighted by Gasteiger charge is -2.35. The molecule has 0 N–H and O–H groups in total. The molecule has 0 heterocycles. The monoisotopic (exact) mass is 290 g/mol. The number of nitro benzene ring substituents is 1. The smallest absolute Gasteiger partial charge is 0.282 e. The van der Waals surface area contributed by atoms with Crippen molar-refractivity contribution in [2.75, 3.05) is 11.9 Å². The summed E-state index contributed by atoms with van der Waals surface area (Å²) in [4.78, 5) is 24.3. The van der Waals surface area contributed by atoms with E-state index in [0.717, 1.165) is 24.4 Å². The van der Waals surface area contributed by atoms with E-state index in [9.17, 15) is 14.9 Å². The number of ketones is 1. The van der Waals surface area contributed by atoms with Gasteiger partial charge in [-0.25, -0.2) is 0 Å². The Balaban J connectivity index is 2.25. The first-order valence-electron chi connectivity index (χ1n) is 7.42. The molecule has 0 aliphatic heterocycles. The van der Waals surface area contributed by atoms with E-state index in [0.29, 0.717) is 6.04 Å². The van der Waals surface area contributed by atoms with Crippen LogP contribution in [-0.2, 0) is 0 Å². The second kappa shape index (κ2) is 6.24. The summed E-state index contributed by atoms with van der Waals surface area (Å²) in [5.41, 5.74) is 0.886. The summed E-state index contributed by atoms with van der Waals surface area (Å²) in [6.45, 7) is 3.62. The van der Waals surface area contributed by atoms with Gasteiger partial charge in [0.25, 0.3) is 5.69 Å². The van der Waals surface area contributed by atoms with Crippen molar-refractivity contribution in [1.29, 1.82) is 0 Å². The van der Waals surface area contributed by atoms with Gasteiger partial charge in [-0.1, -0.05) is 6.92 Å². The van der Waals surface area contributed by atoms with E-state index in [1.807, 2.05) is 13.1 Å². The number of rotatable bonds is 4. The fraction of sp³-hybridized carbons (Fsp3) is 0.562. The standard InChI is InChI=1S/C16H22N2O3/c1-11-4-6-13(7-5-11)17(3)14-8-9-15(12(2)19)16(10-14)18(20)21/h8-11,13H,4-7H2,1-3H3. The summed E-state index contributed by atoms with van der Waals surface area (Å²) in [5, 5.41) is 11.2. The minimum atomic E-state index is -0.475. The molecule has 2 rings (SSSR count). The molecule has 0 radical (unpaired) electrons. The molecule has 114 valence electrons. The lowest BCUT2D eigenvalue weighted by molar-refractivity contribution is -0.385. The molecule has 0 aromatic heterocycles. The Hall–Kier alpha value is -1.91. The Labute approximate surface area is 125 Å². The highest BCUT2D eigenvalue weighted by Crippen LogP contribution is 2.32. The predicted molar refractivity (Wildman–Crippen MR) is 82.9 cm³/mol. The summed E-state index contributed by atoms with van der Waals surface area (Å²) in [7, 11) is 1.98. The van der Waals surface area contributed by atoms with E-state index < -0.39 is 4.92 Å². The van der Waals surface area contributed by atoms with Crippen LogP contribution in [0.5, 0.6) is 0 Å². The molecule has 0 spiro atoms. The first-order valence-corrected chi connectivity index (χ1v) is 7.42. The number of Topliss-reactive ketones (excluding diaryl/α,β-unsaturated/α-hetero) is 1. The van der Waals surface area contributed by atoms with Crippen molar-refractivity contribution in [2.24, 2.45) is 5.92 Å². The summed E-state index contributed by atoms with van der Waals surface area (Å²) in [5.74, 6) is 0.492. The molecule has 21 heavy (non-hydrogen) atoms. The maximum absolute atomic E-state index is 11.5. The minimum absolute atomic E-state index is 0.101. The molecule has 1 fully saturated rings. The first-order chi connectivity index (χ1) is 9.90. The maximum atomic E-state index is 11.5. The largest absolute Gasteiger partial charge is 0.371 e. The summed E-state index contributed by atoms with van der Waals surface area (Å²) in [6, 6.07) is 5.32. The van der Waals surface area contributed by atoms with Crippen LogP contribution in [-0.4, -0.2) is 23.8 Å². The fourth-order valence-electron chi connectivity index (χ4n) is 3.03. The van der Waals surface area contributed by atoms with Gasteiger partial charge in [0, 0.05) is 24.8 Å². The number of benzene rings is 1. The van der Waals surface area contributed by atoms with Crippen LogP contribution >= 0.6 is 0 Å². The quantitative estimate of drug-likeness (QED) is 0.480. The topological polar surface area (TPSA) is 63.5 Å². The molecule has 1 aliphatic rings. The van der Waals surface area contributed by atoms with Crippen molar-refractivity contribution < 1.29 is 9.72 Å². The average molecular weight is 290 g/mol. The number of nitro groups is 1. The molecule has 1 aromatic rings. The van der Waals surface area contributed by atoms with Crippen LogP contribution < -0.4 is 4.90 Å². The predicted octanol–water partition coefficient (Wildman–Crippen LogP) is 3.81. The van der Waals surface area contributed by atoms with E-state index >= 15 is 0 Å². The highest BCUT2D eigenvalue weighted by Gasteiger charge is 2.24. The SMILES string of the molecule is CC(=O)c1ccc(N(C)C2CCC(C)CC2)cc1[N+](=O)[O-]. The average Bonchev–Trinajstić information content (AvgIpc) is 2.46. The number of carbonyl (C=O) groups is 1. The van der Waals surface area contributed by atoms with Crippen LogP contribution in [0.1, 0.15) is 49.9 Å². The third-order valence-electron chi connectivity index (χ3n) is 4.50. The van der Waals surface area contributed by atoms with Crippen LogP contribution in [0.2, 0.25) is 0 Å². The van der Waals surface area contributed by atoms with Gasteiger partial charge in [0.15, 0.2) is 5.78 Å². The lowest BCUT2D eigenvalue weighted by atomic mass is 9.86. The third-order valence-corrected chi connectivity index (χ3v) is 4.50. The Bertz CT molecular complexity index is 548. The van der Waals surface area contributed by atoms with Gasteiger partial charge in [-0.15, -0.1) is 0 Å². The van der Waals surface area contributed by atoms with Crippen molar-refractivity contribution >= 4 is 17.2 Å². The van der Waals surface area contributed by atoms with Crippen molar-refractivity contribution in [1.82, 2.24) is 0 Å². The second-order valence-corrected chi connectivity index (χ2v) is 6.04. The van der Waals surface area contributed by atoms with Crippen molar-refractivity contribution in [3.8, 4) is 0 Å². The number of carbonyl (C=O) groups excluding carboxylic acids is 1. The van der Waals surface area contributed by atoms with E-state index in [-0.39, 0.29) is 17.0 Å². The van der Waals surface area contributed by atoms with Crippen LogP contribution in [0, 0.1) is 16.0 Å². The van der Waals surface area contributed by atoms with Gasteiger partial charge in [-0.3, -0.25) is 14.9 Å². The zero-order chi connectivity index (χ0) is 15.6. The number of nitrogens with zero attached hydrogens (tertiary/aromatic N) is 2. The molecule has 0 unspecified atom stereocenters. The van der Waals surface area contributed by atoms with Gasteiger partial charge >= 0.3 is 0 Å². The highest BCUT2D eigenvalue weighted by molar-refractivity contribution is 5.98. The van der Waals surface area contributed by atoms with Crippen LogP contribution in [0.4, 0.5) is 11.4 Å². The van der Waals surface area contributed by atoms with Gasteiger partial charge in [0.2, 0.25) is 0 Å². The Morgan fingerprint density at radius 2 is 1.90 bits per heavy atom. The normalized spacial score (nSPS) is 21.9. The summed E-state index contributed by atoms with van der Waals surface area (Å²) >= 11 is 0. The second-order valence-electron chi connectivity index (χ2n) is 6.04. The number of hydrogen-bond donors (Lipinski definition) is 0. The van der Waals surface area contributed by atoms with Crippen molar-refractivity contribution in [2.45, 2.75) is 45.6 Å². The maximum Gasteiger partial charge on any atom is 0.282 e. The van der Waals surface area contributed by atoms with E-state index in [1.165, 1.54) is 25.8 Å². The van der Waals surface area contributed by atoms with E-state index in [1.54, 1.807) is 6.07 Å². The highest BCUT2D eigenvalue weighted by atomic mass is 16.6. The van der Waals surface area contributed by atoms with Gasteiger partial charge in [-0.05, 0) is 50.7 Å². The molecule has 1 aliphatic carbocycles. The van der Waals surface area contributed by atoms with E-state index in [2.05, 4.69) is 11.8 Å². The Kier molecular flexibility index (Phi) is 4.60. The molecule has 0 atom stereocenters. The summed E-state index contributed by atoms with van der Waals surface area (Å²) in [6.07, 6.45) is 4.62. The zero-order valence-corrected chi connectivity index (χ0v) is 12.8. The van der Waals surface area contributed by atoms with Crippen molar-refractivity contribution in [3.05, 3.63) is 33.9 Å². The lowest BCUT2D eigenvalue weighted by Crippen LogP contribution is -2.34. The number of hydrogen-bond acceptors (Lipinski definition) is 4. The first kappa shape index (κ1) is 15.5.